The third kappa shape index (κ3) is 6.01. The molecule has 0 fully saturated rings. The first-order valence-corrected chi connectivity index (χ1v) is 10.0. The highest BCUT2D eigenvalue weighted by molar-refractivity contribution is 5.96. The van der Waals surface area contributed by atoms with Gasteiger partial charge in [-0.1, -0.05) is 30.3 Å². The van der Waals surface area contributed by atoms with E-state index in [2.05, 4.69) is 5.32 Å². The first-order chi connectivity index (χ1) is 15.5. The summed E-state index contributed by atoms with van der Waals surface area (Å²) in [6, 6.07) is 22.5. The molecule has 0 saturated heterocycles. The van der Waals surface area contributed by atoms with Crippen molar-refractivity contribution in [2.75, 3.05) is 19.5 Å². The number of esters is 1. The minimum absolute atomic E-state index is 0.480. The van der Waals surface area contributed by atoms with E-state index in [1.165, 1.54) is 0 Å². The maximum atomic E-state index is 13.0. The van der Waals surface area contributed by atoms with Crippen LogP contribution in [0.5, 0.6) is 17.2 Å². The van der Waals surface area contributed by atoms with Crippen LogP contribution in [0.1, 0.15) is 18.6 Å². The van der Waals surface area contributed by atoms with Crippen LogP contribution in [0.3, 0.4) is 0 Å². The molecule has 2 atom stereocenters. The fourth-order valence-corrected chi connectivity index (χ4v) is 2.90. The molecule has 1 amide bonds. The van der Waals surface area contributed by atoms with Crippen LogP contribution in [-0.2, 0) is 14.3 Å². The van der Waals surface area contributed by atoms with Crippen molar-refractivity contribution in [1.29, 1.82) is 0 Å². The molecule has 3 rings (SSSR count). The van der Waals surface area contributed by atoms with E-state index in [1.807, 2.05) is 6.07 Å². The SMILES string of the molecule is COc1ccc(NC(=O)C(OC(=O)C(C)Oc2ccc(OC)cc2)c2ccccc2)cc1. The van der Waals surface area contributed by atoms with E-state index in [0.717, 1.165) is 0 Å². The van der Waals surface area contributed by atoms with Crippen molar-refractivity contribution in [3.8, 4) is 17.2 Å². The Labute approximate surface area is 186 Å². The summed E-state index contributed by atoms with van der Waals surface area (Å²) in [5.41, 5.74) is 1.10. The molecule has 0 spiro atoms. The zero-order valence-electron chi connectivity index (χ0n) is 18.1. The lowest BCUT2D eigenvalue weighted by Gasteiger charge is -2.21. The highest BCUT2D eigenvalue weighted by atomic mass is 16.6. The van der Waals surface area contributed by atoms with Crippen LogP contribution in [0.2, 0.25) is 0 Å². The predicted molar refractivity (Wildman–Crippen MR) is 120 cm³/mol. The fourth-order valence-electron chi connectivity index (χ4n) is 2.90. The summed E-state index contributed by atoms with van der Waals surface area (Å²) < 4.78 is 21.5. The number of carbonyl (C=O) groups excluding carboxylic acids is 2. The number of benzene rings is 3. The van der Waals surface area contributed by atoms with Crippen LogP contribution in [0.4, 0.5) is 5.69 Å². The van der Waals surface area contributed by atoms with Crippen molar-refractivity contribution in [3.05, 3.63) is 84.4 Å². The molecule has 0 bridgehead atoms. The highest BCUT2D eigenvalue weighted by Crippen LogP contribution is 2.23. The summed E-state index contributed by atoms with van der Waals surface area (Å²) in [5.74, 6) is 0.672. The Morgan fingerprint density at radius 2 is 1.28 bits per heavy atom. The van der Waals surface area contributed by atoms with Crippen LogP contribution >= 0.6 is 0 Å². The lowest BCUT2D eigenvalue weighted by atomic mass is 10.1. The Morgan fingerprint density at radius 3 is 1.84 bits per heavy atom. The summed E-state index contributed by atoms with van der Waals surface area (Å²) >= 11 is 0. The van der Waals surface area contributed by atoms with Gasteiger partial charge in [0.1, 0.15) is 17.2 Å². The van der Waals surface area contributed by atoms with Crippen molar-refractivity contribution in [2.45, 2.75) is 19.1 Å². The minimum atomic E-state index is -1.15. The van der Waals surface area contributed by atoms with Gasteiger partial charge in [-0.2, -0.15) is 0 Å². The van der Waals surface area contributed by atoms with E-state index >= 15 is 0 Å². The maximum Gasteiger partial charge on any atom is 0.348 e. The lowest BCUT2D eigenvalue weighted by molar-refractivity contribution is -0.161. The Kier molecular flexibility index (Phi) is 7.70. The lowest BCUT2D eigenvalue weighted by Crippen LogP contribution is -2.32. The first kappa shape index (κ1) is 22.7. The Balaban J connectivity index is 1.71. The molecular formula is C25H25NO6. The highest BCUT2D eigenvalue weighted by Gasteiger charge is 2.28. The number of anilines is 1. The second kappa shape index (κ2) is 10.9. The van der Waals surface area contributed by atoms with Gasteiger partial charge in [-0.15, -0.1) is 0 Å². The van der Waals surface area contributed by atoms with Gasteiger partial charge in [-0.3, -0.25) is 4.79 Å². The molecule has 0 saturated carbocycles. The van der Waals surface area contributed by atoms with Crippen molar-refractivity contribution < 1.29 is 28.5 Å². The molecule has 166 valence electrons. The first-order valence-electron chi connectivity index (χ1n) is 10.0. The van der Waals surface area contributed by atoms with E-state index < -0.39 is 24.1 Å². The van der Waals surface area contributed by atoms with Crippen LogP contribution in [0.25, 0.3) is 0 Å². The van der Waals surface area contributed by atoms with Gasteiger partial charge < -0.3 is 24.3 Å². The molecule has 2 unspecified atom stereocenters. The zero-order chi connectivity index (χ0) is 22.9. The van der Waals surface area contributed by atoms with Crippen LogP contribution in [0, 0.1) is 0 Å². The van der Waals surface area contributed by atoms with E-state index in [-0.39, 0.29) is 0 Å². The molecule has 0 aromatic heterocycles. The number of methoxy groups -OCH3 is 2. The smallest absolute Gasteiger partial charge is 0.348 e. The van der Waals surface area contributed by atoms with Gasteiger partial charge in [0.2, 0.25) is 6.10 Å². The van der Waals surface area contributed by atoms with Crippen LogP contribution in [0.15, 0.2) is 78.9 Å². The summed E-state index contributed by atoms with van der Waals surface area (Å²) in [7, 11) is 3.13. The van der Waals surface area contributed by atoms with Crippen molar-refractivity contribution in [1.82, 2.24) is 0 Å². The van der Waals surface area contributed by atoms with E-state index in [1.54, 1.807) is 93.9 Å². The third-order valence-electron chi connectivity index (χ3n) is 4.64. The Hall–Kier alpha value is -4.00. The molecular weight excluding hydrogens is 410 g/mol. The van der Waals surface area contributed by atoms with E-state index in [0.29, 0.717) is 28.5 Å². The summed E-state index contributed by atoms with van der Waals surface area (Å²) in [6.07, 6.45) is -2.07. The molecule has 0 aliphatic heterocycles. The van der Waals surface area contributed by atoms with Gasteiger partial charge in [0, 0.05) is 11.3 Å². The van der Waals surface area contributed by atoms with Gasteiger partial charge in [0.25, 0.3) is 5.91 Å². The number of hydrogen-bond acceptors (Lipinski definition) is 6. The average molecular weight is 435 g/mol. The number of carbonyl (C=O) groups is 2. The Morgan fingerprint density at radius 1 is 0.750 bits per heavy atom. The van der Waals surface area contributed by atoms with Gasteiger partial charge in [0.15, 0.2) is 6.10 Å². The molecule has 0 radical (unpaired) electrons. The molecule has 3 aromatic rings. The molecule has 32 heavy (non-hydrogen) atoms. The number of amides is 1. The van der Waals surface area contributed by atoms with Crippen LogP contribution < -0.4 is 19.5 Å². The van der Waals surface area contributed by atoms with Gasteiger partial charge in [0.05, 0.1) is 14.2 Å². The molecule has 7 heteroatoms. The van der Waals surface area contributed by atoms with Crippen molar-refractivity contribution >= 4 is 17.6 Å². The van der Waals surface area contributed by atoms with Gasteiger partial charge >= 0.3 is 5.97 Å². The number of ether oxygens (including phenoxy) is 4. The second-order valence-corrected chi connectivity index (χ2v) is 6.88. The maximum absolute atomic E-state index is 13.0. The molecule has 0 aliphatic rings. The predicted octanol–water partition coefficient (Wildman–Crippen LogP) is 4.39. The molecule has 3 aromatic carbocycles. The third-order valence-corrected chi connectivity index (χ3v) is 4.64. The molecule has 0 aliphatic carbocycles. The summed E-state index contributed by atoms with van der Waals surface area (Å²) in [5, 5.41) is 2.77. The zero-order valence-corrected chi connectivity index (χ0v) is 18.1. The van der Waals surface area contributed by atoms with Crippen molar-refractivity contribution in [2.24, 2.45) is 0 Å². The minimum Gasteiger partial charge on any atom is -0.497 e. The largest absolute Gasteiger partial charge is 0.497 e. The average Bonchev–Trinajstić information content (AvgIpc) is 2.83. The molecule has 7 nitrogen and oxygen atoms in total. The standard InChI is InChI=1S/C25H25NO6/c1-17(31-22-15-13-21(30-3)14-16-22)25(28)32-23(18-7-5-4-6-8-18)24(27)26-19-9-11-20(29-2)12-10-19/h4-17,23H,1-3H3,(H,26,27). The van der Waals surface area contributed by atoms with Crippen molar-refractivity contribution in [3.63, 3.8) is 0 Å². The van der Waals surface area contributed by atoms with Gasteiger partial charge in [-0.05, 0) is 55.5 Å². The van der Waals surface area contributed by atoms with Crippen LogP contribution in [-0.4, -0.2) is 32.2 Å². The number of hydrogen-bond donors (Lipinski definition) is 1. The fraction of sp³-hybridized carbons (Fsp3) is 0.200. The number of nitrogens with one attached hydrogen (secondary N) is 1. The molecule has 1 N–H and O–H groups in total. The Bertz CT molecular complexity index is 1020. The quantitative estimate of drug-likeness (QED) is 0.502. The van der Waals surface area contributed by atoms with Gasteiger partial charge in [-0.25, -0.2) is 4.79 Å². The normalized spacial score (nSPS) is 12.2. The number of rotatable bonds is 9. The van der Waals surface area contributed by atoms with E-state index in [4.69, 9.17) is 18.9 Å². The summed E-state index contributed by atoms with van der Waals surface area (Å²) in [4.78, 5) is 25.7. The van der Waals surface area contributed by atoms with E-state index in [9.17, 15) is 9.59 Å². The topological polar surface area (TPSA) is 83.1 Å². The summed E-state index contributed by atoms with van der Waals surface area (Å²) in [6.45, 7) is 1.57. The second-order valence-electron chi connectivity index (χ2n) is 6.88. The molecule has 0 heterocycles. The monoisotopic (exact) mass is 435 g/mol.